The Morgan fingerprint density at radius 1 is 0.933 bits per heavy atom. The lowest BCUT2D eigenvalue weighted by Crippen LogP contribution is -2.49. The number of benzene rings is 2. The van der Waals surface area contributed by atoms with Crippen molar-refractivity contribution in [2.75, 3.05) is 58.8 Å². The number of ketones is 1. The first-order valence-electron chi connectivity index (χ1n) is 9.74. The molecule has 0 spiro atoms. The van der Waals surface area contributed by atoms with E-state index in [0.717, 1.165) is 0 Å². The Balaban J connectivity index is 1.47. The first-order chi connectivity index (χ1) is 14.5. The van der Waals surface area contributed by atoms with Crippen molar-refractivity contribution in [1.29, 1.82) is 0 Å². The lowest BCUT2D eigenvalue weighted by Gasteiger charge is -2.33. The predicted molar refractivity (Wildman–Crippen MR) is 112 cm³/mol. The minimum Gasteiger partial charge on any atom is -0.493 e. The van der Waals surface area contributed by atoms with Crippen molar-refractivity contribution in [2.45, 2.75) is 0 Å². The summed E-state index contributed by atoms with van der Waals surface area (Å²) in [5.74, 6) is 0.395. The number of anilines is 1. The van der Waals surface area contributed by atoms with Crippen LogP contribution in [-0.4, -0.2) is 75.0 Å². The molecule has 1 heterocycles. The van der Waals surface area contributed by atoms with Crippen molar-refractivity contribution in [3.63, 3.8) is 0 Å². The van der Waals surface area contributed by atoms with Crippen molar-refractivity contribution >= 4 is 17.4 Å². The van der Waals surface area contributed by atoms with Crippen LogP contribution in [0.5, 0.6) is 11.5 Å². The van der Waals surface area contributed by atoms with Gasteiger partial charge in [-0.1, -0.05) is 12.1 Å². The van der Waals surface area contributed by atoms with Crippen LogP contribution < -0.4 is 14.8 Å². The molecule has 30 heavy (non-hydrogen) atoms. The number of methoxy groups -OCH3 is 2. The molecule has 0 aliphatic carbocycles. The molecule has 0 unspecified atom stereocenters. The Bertz CT molecular complexity index is 898. The van der Waals surface area contributed by atoms with Gasteiger partial charge in [0, 0.05) is 31.7 Å². The predicted octanol–water partition coefficient (Wildman–Crippen LogP) is 2.28. The molecule has 160 valence electrons. The van der Waals surface area contributed by atoms with E-state index in [1.165, 1.54) is 19.2 Å². The second kappa shape index (κ2) is 10.2. The fourth-order valence-electron chi connectivity index (χ4n) is 3.36. The van der Waals surface area contributed by atoms with Gasteiger partial charge in [-0.05, 0) is 30.3 Å². The second-order valence-corrected chi connectivity index (χ2v) is 7.07. The Labute approximate surface area is 175 Å². The first kappa shape index (κ1) is 21.7. The molecule has 1 aliphatic heterocycles. The first-order valence-corrected chi connectivity index (χ1v) is 9.74. The number of carbonyl (C=O) groups is 2. The van der Waals surface area contributed by atoms with Gasteiger partial charge < -0.3 is 14.8 Å². The maximum Gasteiger partial charge on any atom is 0.238 e. The molecule has 2 aromatic carbocycles. The lowest BCUT2D eigenvalue weighted by atomic mass is 10.1. The van der Waals surface area contributed by atoms with E-state index in [4.69, 9.17) is 9.47 Å². The largest absolute Gasteiger partial charge is 0.493 e. The highest BCUT2D eigenvalue weighted by atomic mass is 19.1. The minimum absolute atomic E-state index is 0.00157. The highest BCUT2D eigenvalue weighted by Gasteiger charge is 2.22. The monoisotopic (exact) mass is 415 g/mol. The maximum atomic E-state index is 13.6. The molecule has 1 amide bonds. The van der Waals surface area contributed by atoms with Crippen molar-refractivity contribution < 1.29 is 23.5 Å². The SMILES string of the molecule is COc1ccc(C(=O)CN2CCN(CC(=O)Nc3ccccc3F)CC2)cc1OC. The summed E-state index contributed by atoms with van der Waals surface area (Å²) >= 11 is 0. The van der Waals surface area contributed by atoms with E-state index in [9.17, 15) is 14.0 Å². The molecule has 8 heteroatoms. The van der Waals surface area contributed by atoms with Gasteiger partial charge in [0.15, 0.2) is 17.3 Å². The number of carbonyl (C=O) groups excluding carboxylic acids is 2. The quantitative estimate of drug-likeness (QED) is 0.667. The lowest BCUT2D eigenvalue weighted by molar-refractivity contribution is -0.117. The third-order valence-corrected chi connectivity index (χ3v) is 5.05. The van der Waals surface area contributed by atoms with E-state index in [2.05, 4.69) is 10.2 Å². The third kappa shape index (κ3) is 5.55. The molecule has 0 aromatic heterocycles. The average Bonchev–Trinajstić information content (AvgIpc) is 2.76. The summed E-state index contributed by atoms with van der Waals surface area (Å²) in [5, 5.41) is 2.60. The number of para-hydroxylation sites is 1. The van der Waals surface area contributed by atoms with Crippen molar-refractivity contribution in [1.82, 2.24) is 9.80 Å². The van der Waals surface area contributed by atoms with Crippen molar-refractivity contribution in [3.8, 4) is 11.5 Å². The molecule has 1 aliphatic rings. The molecule has 0 bridgehead atoms. The van der Waals surface area contributed by atoms with E-state index in [1.54, 1.807) is 37.4 Å². The van der Waals surface area contributed by atoms with Gasteiger partial charge in [-0.25, -0.2) is 4.39 Å². The number of ether oxygens (including phenoxy) is 2. The average molecular weight is 415 g/mol. The molecule has 2 aromatic rings. The highest BCUT2D eigenvalue weighted by Crippen LogP contribution is 2.27. The highest BCUT2D eigenvalue weighted by molar-refractivity contribution is 5.98. The van der Waals surface area contributed by atoms with Crippen molar-refractivity contribution in [3.05, 3.63) is 53.8 Å². The zero-order chi connectivity index (χ0) is 21.5. The van der Waals surface area contributed by atoms with E-state index in [0.29, 0.717) is 49.8 Å². The summed E-state index contributed by atoms with van der Waals surface area (Å²) in [6.07, 6.45) is 0. The van der Waals surface area contributed by atoms with E-state index >= 15 is 0 Å². The van der Waals surface area contributed by atoms with Gasteiger partial charge in [-0.2, -0.15) is 0 Å². The molecule has 1 N–H and O–H groups in total. The molecule has 1 fully saturated rings. The molecule has 7 nitrogen and oxygen atoms in total. The van der Waals surface area contributed by atoms with Gasteiger partial charge in [0.2, 0.25) is 5.91 Å². The molecule has 1 saturated heterocycles. The Morgan fingerprint density at radius 3 is 2.20 bits per heavy atom. The summed E-state index contributed by atoms with van der Waals surface area (Å²) in [6, 6.07) is 11.2. The number of amides is 1. The van der Waals surface area contributed by atoms with Crippen LogP contribution in [0.15, 0.2) is 42.5 Å². The Hall–Kier alpha value is -2.97. The fraction of sp³-hybridized carbons (Fsp3) is 0.364. The topological polar surface area (TPSA) is 71.1 Å². The van der Waals surface area contributed by atoms with Gasteiger partial charge in [-0.3, -0.25) is 19.4 Å². The number of hydrogen-bond donors (Lipinski definition) is 1. The van der Waals surface area contributed by atoms with Crippen LogP contribution in [0.25, 0.3) is 0 Å². The summed E-state index contributed by atoms with van der Waals surface area (Å²) in [6.45, 7) is 3.14. The van der Waals surface area contributed by atoms with Gasteiger partial charge in [0.05, 0.1) is 33.0 Å². The number of nitrogens with one attached hydrogen (secondary N) is 1. The summed E-state index contributed by atoms with van der Waals surface area (Å²) in [5.41, 5.74) is 0.751. The standard InChI is InChI=1S/C22H26FN3O4/c1-29-20-8-7-16(13-21(20)30-2)19(27)14-25-9-11-26(12-10-25)15-22(28)24-18-6-4-3-5-17(18)23/h3-8,13H,9-12,14-15H2,1-2H3,(H,24,28). The molecule has 0 atom stereocenters. The fourth-order valence-corrected chi connectivity index (χ4v) is 3.36. The van der Waals surface area contributed by atoms with Gasteiger partial charge in [-0.15, -0.1) is 0 Å². The van der Waals surface area contributed by atoms with E-state index in [1.807, 2.05) is 4.90 Å². The molecular weight excluding hydrogens is 389 g/mol. The summed E-state index contributed by atoms with van der Waals surface area (Å²) < 4.78 is 24.1. The molecule has 0 radical (unpaired) electrons. The van der Waals surface area contributed by atoms with Crippen LogP contribution >= 0.6 is 0 Å². The second-order valence-electron chi connectivity index (χ2n) is 7.07. The van der Waals surface area contributed by atoms with Crippen LogP contribution in [-0.2, 0) is 4.79 Å². The third-order valence-electron chi connectivity index (χ3n) is 5.05. The van der Waals surface area contributed by atoms with Gasteiger partial charge >= 0.3 is 0 Å². The van der Waals surface area contributed by atoms with Crippen LogP contribution in [0.2, 0.25) is 0 Å². The van der Waals surface area contributed by atoms with Gasteiger partial charge in [0.1, 0.15) is 5.82 Å². The number of piperazine rings is 1. The minimum atomic E-state index is -0.454. The molecule has 3 rings (SSSR count). The van der Waals surface area contributed by atoms with E-state index in [-0.39, 0.29) is 23.9 Å². The summed E-state index contributed by atoms with van der Waals surface area (Å²) in [7, 11) is 3.09. The molecule has 0 saturated carbocycles. The maximum absolute atomic E-state index is 13.6. The van der Waals surface area contributed by atoms with Gasteiger partial charge in [0.25, 0.3) is 0 Å². The molecular formula is C22H26FN3O4. The Kier molecular flexibility index (Phi) is 7.37. The van der Waals surface area contributed by atoms with Crippen LogP contribution in [0.4, 0.5) is 10.1 Å². The van der Waals surface area contributed by atoms with Crippen LogP contribution in [0.3, 0.4) is 0 Å². The number of rotatable bonds is 8. The number of halogens is 1. The number of hydrogen-bond acceptors (Lipinski definition) is 6. The van der Waals surface area contributed by atoms with Crippen LogP contribution in [0.1, 0.15) is 10.4 Å². The normalized spacial score (nSPS) is 14.9. The zero-order valence-electron chi connectivity index (χ0n) is 17.2. The summed E-state index contributed by atoms with van der Waals surface area (Å²) in [4.78, 5) is 28.9. The Morgan fingerprint density at radius 2 is 1.57 bits per heavy atom. The van der Waals surface area contributed by atoms with E-state index < -0.39 is 5.82 Å². The van der Waals surface area contributed by atoms with Crippen molar-refractivity contribution in [2.24, 2.45) is 0 Å². The van der Waals surface area contributed by atoms with Crippen LogP contribution in [0, 0.1) is 5.82 Å². The number of Topliss-reactive ketones (excluding diaryl/α,β-unsaturated/α-hetero) is 1. The number of nitrogens with zero attached hydrogens (tertiary/aromatic N) is 2. The smallest absolute Gasteiger partial charge is 0.238 e. The zero-order valence-corrected chi connectivity index (χ0v) is 17.2.